The van der Waals surface area contributed by atoms with E-state index in [1.165, 1.54) is 18.2 Å². The second-order valence-corrected chi connectivity index (χ2v) is 6.56. The minimum absolute atomic E-state index is 0.108. The molecule has 0 bridgehead atoms. The average Bonchev–Trinajstić information content (AvgIpc) is 3.16. The lowest BCUT2D eigenvalue weighted by molar-refractivity contribution is -0.137. The van der Waals surface area contributed by atoms with Crippen LogP contribution in [-0.4, -0.2) is 22.2 Å². The summed E-state index contributed by atoms with van der Waals surface area (Å²) in [5.41, 5.74) is 2.10. The fraction of sp³-hybridized carbons (Fsp3) is 0.0455. The van der Waals surface area contributed by atoms with Crippen LogP contribution in [0.3, 0.4) is 0 Å². The number of rotatable bonds is 4. The maximum absolute atomic E-state index is 12.7. The molecule has 30 heavy (non-hydrogen) atoms. The molecule has 1 amide bonds. The van der Waals surface area contributed by atoms with Crippen molar-refractivity contribution in [1.82, 2.24) is 9.97 Å². The zero-order valence-electron chi connectivity index (χ0n) is 15.3. The number of halogens is 3. The van der Waals surface area contributed by atoms with E-state index in [0.29, 0.717) is 11.3 Å². The molecule has 0 saturated heterocycles. The highest BCUT2D eigenvalue weighted by Crippen LogP contribution is 2.30. The minimum atomic E-state index is -4.44. The van der Waals surface area contributed by atoms with Crippen molar-refractivity contribution in [3.8, 4) is 11.3 Å². The molecule has 2 aromatic carbocycles. The third-order valence-electron chi connectivity index (χ3n) is 4.59. The van der Waals surface area contributed by atoms with Crippen molar-refractivity contribution in [2.24, 2.45) is 0 Å². The number of alkyl halides is 3. The van der Waals surface area contributed by atoms with Crippen LogP contribution in [0.1, 0.15) is 26.4 Å². The predicted molar refractivity (Wildman–Crippen MR) is 106 cm³/mol. The van der Waals surface area contributed by atoms with Gasteiger partial charge in [0.2, 0.25) is 0 Å². The number of pyridine rings is 1. The first-order chi connectivity index (χ1) is 14.3. The van der Waals surface area contributed by atoms with Crippen LogP contribution < -0.4 is 5.32 Å². The molecule has 0 aliphatic rings. The Morgan fingerprint density at radius 2 is 1.80 bits per heavy atom. The van der Waals surface area contributed by atoms with Crippen LogP contribution in [0.15, 0.2) is 66.9 Å². The molecule has 2 heterocycles. The van der Waals surface area contributed by atoms with Gasteiger partial charge in [-0.1, -0.05) is 12.1 Å². The average molecular weight is 409 g/mol. The maximum Gasteiger partial charge on any atom is 0.416 e. The third kappa shape index (κ3) is 3.80. The van der Waals surface area contributed by atoms with Gasteiger partial charge in [-0.3, -0.25) is 9.59 Å². The van der Waals surface area contributed by atoms with E-state index in [4.69, 9.17) is 0 Å². The van der Waals surface area contributed by atoms with Gasteiger partial charge >= 0.3 is 6.18 Å². The number of carbonyl (C=O) groups excluding carboxylic acids is 2. The fourth-order valence-electron chi connectivity index (χ4n) is 3.06. The van der Waals surface area contributed by atoms with Crippen LogP contribution in [0, 0.1) is 0 Å². The molecule has 0 fully saturated rings. The summed E-state index contributed by atoms with van der Waals surface area (Å²) >= 11 is 0. The molecule has 4 aromatic rings. The Labute approximate surface area is 168 Å². The number of hydrogen-bond donors (Lipinski definition) is 2. The lowest BCUT2D eigenvalue weighted by Crippen LogP contribution is -2.14. The van der Waals surface area contributed by atoms with E-state index >= 15 is 0 Å². The minimum Gasteiger partial charge on any atom is -0.360 e. The molecule has 8 heteroatoms. The number of nitrogens with one attached hydrogen (secondary N) is 2. The van der Waals surface area contributed by atoms with Crippen molar-refractivity contribution >= 4 is 28.8 Å². The molecule has 0 atom stereocenters. The molecule has 2 aromatic heterocycles. The molecule has 0 aliphatic carbocycles. The monoisotopic (exact) mass is 409 g/mol. The largest absolute Gasteiger partial charge is 0.416 e. The summed E-state index contributed by atoms with van der Waals surface area (Å²) < 4.78 is 38.0. The third-order valence-corrected chi connectivity index (χ3v) is 4.59. The van der Waals surface area contributed by atoms with Gasteiger partial charge in [-0.05, 0) is 48.5 Å². The number of fused-ring (bicyclic) bond motifs is 1. The summed E-state index contributed by atoms with van der Waals surface area (Å²) in [6, 6.07) is 14.5. The molecule has 0 radical (unpaired) electrons. The van der Waals surface area contributed by atoms with Crippen LogP contribution >= 0.6 is 0 Å². The van der Waals surface area contributed by atoms with Crippen LogP contribution in [-0.2, 0) is 6.18 Å². The number of nitrogens with zero attached hydrogens (tertiary/aromatic N) is 1. The normalized spacial score (nSPS) is 11.4. The quantitative estimate of drug-likeness (QED) is 0.449. The Morgan fingerprint density at radius 3 is 2.50 bits per heavy atom. The Kier molecular flexibility index (Phi) is 4.83. The molecule has 5 nitrogen and oxygen atoms in total. The molecular weight excluding hydrogens is 395 g/mol. The Bertz CT molecular complexity index is 1240. The van der Waals surface area contributed by atoms with Crippen LogP contribution in [0.5, 0.6) is 0 Å². The van der Waals surface area contributed by atoms with Crippen molar-refractivity contribution in [3.05, 3.63) is 83.7 Å². The van der Waals surface area contributed by atoms with E-state index in [2.05, 4.69) is 15.3 Å². The Balaban J connectivity index is 1.58. The lowest BCUT2D eigenvalue weighted by Gasteiger charge is -2.09. The van der Waals surface area contributed by atoms with E-state index in [1.54, 1.807) is 24.4 Å². The molecule has 4 rings (SSSR count). The van der Waals surface area contributed by atoms with Gasteiger partial charge in [0.15, 0.2) is 6.29 Å². The maximum atomic E-state index is 12.7. The second kappa shape index (κ2) is 7.47. The summed E-state index contributed by atoms with van der Waals surface area (Å²) in [4.78, 5) is 31.0. The molecule has 150 valence electrons. The summed E-state index contributed by atoms with van der Waals surface area (Å²) in [6.45, 7) is 0. The van der Waals surface area contributed by atoms with Crippen LogP contribution in [0.4, 0.5) is 18.9 Å². The van der Waals surface area contributed by atoms with Gasteiger partial charge in [0.1, 0.15) is 5.69 Å². The SMILES string of the molecule is O=Cc1c[nH]c2ccc(-c3cccc(C(=O)Nc4ccc(C(F)(F)F)cc4)n3)cc12. The number of amides is 1. The van der Waals surface area contributed by atoms with Crippen molar-refractivity contribution in [2.45, 2.75) is 6.18 Å². The van der Waals surface area contributed by atoms with E-state index in [0.717, 1.165) is 34.9 Å². The number of benzene rings is 2. The molecule has 0 spiro atoms. The smallest absolute Gasteiger partial charge is 0.360 e. The van der Waals surface area contributed by atoms with Crippen LogP contribution in [0.2, 0.25) is 0 Å². The number of aromatic nitrogens is 2. The first-order valence-corrected chi connectivity index (χ1v) is 8.87. The molecule has 0 unspecified atom stereocenters. The fourth-order valence-corrected chi connectivity index (χ4v) is 3.06. The van der Waals surface area contributed by atoms with Gasteiger partial charge in [-0.15, -0.1) is 0 Å². The van der Waals surface area contributed by atoms with Gasteiger partial charge < -0.3 is 10.3 Å². The highest BCUT2D eigenvalue weighted by atomic mass is 19.4. The van der Waals surface area contributed by atoms with Crippen molar-refractivity contribution in [3.63, 3.8) is 0 Å². The molecular formula is C22H14F3N3O2. The van der Waals surface area contributed by atoms with E-state index < -0.39 is 17.6 Å². The van der Waals surface area contributed by atoms with Crippen molar-refractivity contribution < 1.29 is 22.8 Å². The number of anilines is 1. The number of aromatic amines is 1. The predicted octanol–water partition coefficient (Wildman–Crippen LogP) is 5.31. The number of hydrogen-bond acceptors (Lipinski definition) is 3. The first kappa shape index (κ1) is 19.4. The number of carbonyl (C=O) groups is 2. The standard InChI is InChI=1S/C22H14F3N3O2/c23-22(24,25)15-5-7-16(8-6-15)27-21(30)20-3-1-2-18(28-20)13-4-9-19-17(10-13)14(12-29)11-26-19/h1-12,26H,(H,27,30). The molecule has 2 N–H and O–H groups in total. The number of H-pyrrole nitrogens is 1. The van der Waals surface area contributed by atoms with E-state index in [-0.39, 0.29) is 11.4 Å². The molecule has 0 aliphatic heterocycles. The number of aldehydes is 1. The van der Waals surface area contributed by atoms with Gasteiger partial charge in [0, 0.05) is 33.9 Å². The van der Waals surface area contributed by atoms with E-state index in [1.807, 2.05) is 12.1 Å². The van der Waals surface area contributed by atoms with Gasteiger partial charge in [0.05, 0.1) is 11.3 Å². The Hall–Kier alpha value is -3.94. The van der Waals surface area contributed by atoms with Crippen molar-refractivity contribution in [1.29, 1.82) is 0 Å². The topological polar surface area (TPSA) is 74.8 Å². The van der Waals surface area contributed by atoms with Gasteiger partial charge in [-0.25, -0.2) is 4.98 Å². The highest BCUT2D eigenvalue weighted by molar-refractivity contribution is 6.03. The Morgan fingerprint density at radius 1 is 1.03 bits per heavy atom. The summed E-state index contributed by atoms with van der Waals surface area (Å²) in [6.07, 6.45) is -2.07. The summed E-state index contributed by atoms with van der Waals surface area (Å²) in [7, 11) is 0. The van der Waals surface area contributed by atoms with E-state index in [9.17, 15) is 22.8 Å². The summed E-state index contributed by atoms with van der Waals surface area (Å²) in [5.74, 6) is -0.548. The van der Waals surface area contributed by atoms with Crippen LogP contribution in [0.25, 0.3) is 22.2 Å². The highest BCUT2D eigenvalue weighted by Gasteiger charge is 2.30. The summed E-state index contributed by atoms with van der Waals surface area (Å²) in [5, 5.41) is 3.28. The van der Waals surface area contributed by atoms with Gasteiger partial charge in [0.25, 0.3) is 5.91 Å². The zero-order valence-corrected chi connectivity index (χ0v) is 15.3. The molecule has 0 saturated carbocycles. The van der Waals surface area contributed by atoms with Gasteiger partial charge in [-0.2, -0.15) is 13.2 Å². The van der Waals surface area contributed by atoms with Crippen molar-refractivity contribution in [2.75, 3.05) is 5.32 Å². The lowest BCUT2D eigenvalue weighted by atomic mass is 10.1. The first-order valence-electron chi connectivity index (χ1n) is 8.87. The second-order valence-electron chi connectivity index (χ2n) is 6.56. The zero-order chi connectivity index (χ0) is 21.3.